The quantitative estimate of drug-likeness (QED) is 0.0374. The number of ether oxygens (including phenoxy) is 17. The van der Waals surface area contributed by atoms with E-state index in [-0.39, 0.29) is 96.1 Å². The summed E-state index contributed by atoms with van der Waals surface area (Å²) < 4.78 is 92.7. The second-order valence-corrected chi connectivity index (χ2v) is 18.8. The van der Waals surface area contributed by atoms with Crippen molar-refractivity contribution in [3.05, 3.63) is 0 Å². The predicted octanol–water partition coefficient (Wildman–Crippen LogP) is -3.21. The molecular formula is C55H107N7O24. The molecule has 0 aromatic rings. The topological polar surface area (TPSA) is 346 Å². The maximum absolute atomic E-state index is 13.3. The van der Waals surface area contributed by atoms with Gasteiger partial charge in [-0.1, -0.05) is 0 Å². The Morgan fingerprint density at radius 2 is 0.570 bits per heavy atom. The fourth-order valence-electron chi connectivity index (χ4n) is 7.39. The van der Waals surface area contributed by atoms with Gasteiger partial charge in [0, 0.05) is 91.9 Å². The monoisotopic (exact) mass is 1250 g/mol. The molecule has 0 spiro atoms. The van der Waals surface area contributed by atoms with Crippen molar-refractivity contribution in [3.63, 3.8) is 0 Å². The number of carboxylic acid groups (broad SMARTS) is 2. The van der Waals surface area contributed by atoms with E-state index in [9.17, 15) is 34.2 Å². The molecule has 6 N–H and O–H groups in total. The molecule has 1 fully saturated rings. The first-order valence-electron chi connectivity index (χ1n) is 30.0. The fraction of sp³-hybridized carbons (Fsp3) is 0.909. The minimum Gasteiger partial charge on any atom is -0.480 e. The summed E-state index contributed by atoms with van der Waals surface area (Å²) in [5.41, 5.74) is 5.50. The van der Waals surface area contributed by atoms with Crippen molar-refractivity contribution in [3.8, 4) is 0 Å². The van der Waals surface area contributed by atoms with Gasteiger partial charge in [-0.05, 0) is 0 Å². The standard InChI is InChI=1S/C55H107N7O24/c1-70-16-17-72-20-21-74-24-25-76-28-29-78-32-33-80-36-37-82-40-41-84-44-45-86-47-46-85-43-42-83-39-38-81-35-34-79-31-30-77-27-26-75-23-22-73-19-18-71-15-6-58-51(63)2-3-53(65)62-13-11-60(49-54(66)67)9-7-59(48-52(64)57-5-4-56)8-10-61(12-14-62)50-55(68)69/h2-50,56H2,1H3,(H,57,64)(H,58,63)(H,66,67)(H,68,69). The molecule has 0 saturated carbocycles. The lowest BCUT2D eigenvalue weighted by atomic mass is 10.2. The average molecular weight is 1250 g/mol. The van der Waals surface area contributed by atoms with Gasteiger partial charge in [0.2, 0.25) is 17.7 Å². The molecule has 0 bridgehead atoms. The van der Waals surface area contributed by atoms with E-state index in [0.717, 1.165) is 0 Å². The van der Waals surface area contributed by atoms with E-state index in [2.05, 4.69) is 10.6 Å². The van der Waals surface area contributed by atoms with Gasteiger partial charge in [0.15, 0.2) is 0 Å². The largest absolute Gasteiger partial charge is 0.480 e. The third-order valence-corrected chi connectivity index (χ3v) is 11.9. The number of rotatable bonds is 62. The van der Waals surface area contributed by atoms with Crippen LogP contribution in [0, 0.1) is 0 Å². The van der Waals surface area contributed by atoms with Crippen molar-refractivity contribution in [2.45, 2.75) is 12.8 Å². The maximum Gasteiger partial charge on any atom is 0.317 e. The Bertz CT molecular complexity index is 1540. The Morgan fingerprint density at radius 1 is 0.326 bits per heavy atom. The van der Waals surface area contributed by atoms with Crippen molar-refractivity contribution < 1.29 is 115 Å². The van der Waals surface area contributed by atoms with Crippen LogP contribution in [0.1, 0.15) is 12.8 Å². The second kappa shape index (κ2) is 63.1. The lowest BCUT2D eigenvalue weighted by Gasteiger charge is -2.33. The maximum atomic E-state index is 13.3. The second-order valence-electron chi connectivity index (χ2n) is 18.8. The summed E-state index contributed by atoms with van der Waals surface area (Å²) in [6, 6.07) is 0. The lowest BCUT2D eigenvalue weighted by Crippen LogP contribution is -2.50. The van der Waals surface area contributed by atoms with E-state index in [1.165, 1.54) is 4.90 Å². The first-order chi connectivity index (χ1) is 42.1. The van der Waals surface area contributed by atoms with Crippen LogP contribution in [0.25, 0.3) is 0 Å². The average Bonchev–Trinajstić information content (AvgIpc) is 3.65. The van der Waals surface area contributed by atoms with Crippen molar-refractivity contribution in [1.29, 1.82) is 0 Å². The van der Waals surface area contributed by atoms with Crippen LogP contribution in [0.3, 0.4) is 0 Å². The number of carboxylic acids is 2. The molecule has 0 atom stereocenters. The van der Waals surface area contributed by atoms with Crippen LogP contribution in [-0.4, -0.2) is 376 Å². The van der Waals surface area contributed by atoms with Crippen LogP contribution in [-0.2, 0) is 104 Å². The number of aliphatic carboxylic acids is 2. The lowest BCUT2D eigenvalue weighted by molar-refractivity contribution is -0.139. The predicted molar refractivity (Wildman–Crippen MR) is 310 cm³/mol. The Kier molecular flexibility index (Phi) is 59.1. The van der Waals surface area contributed by atoms with E-state index in [4.69, 9.17) is 86.3 Å². The smallest absolute Gasteiger partial charge is 0.317 e. The normalized spacial score (nSPS) is 14.1. The summed E-state index contributed by atoms with van der Waals surface area (Å²) in [6.07, 6.45) is -0.151. The Hall–Kier alpha value is -3.49. The number of carbonyl (C=O) groups is 5. The minimum atomic E-state index is -1.03. The van der Waals surface area contributed by atoms with Gasteiger partial charge in [-0.15, -0.1) is 0 Å². The summed E-state index contributed by atoms with van der Waals surface area (Å²) in [5.74, 6) is -2.95. The van der Waals surface area contributed by atoms with Gasteiger partial charge in [0.1, 0.15) is 0 Å². The molecule has 31 nitrogen and oxygen atoms in total. The van der Waals surface area contributed by atoms with Gasteiger partial charge in [0.05, 0.1) is 238 Å². The SMILES string of the molecule is COCCOCCOCCOCCOCCOCCOCCOCCOCCOCCOCCOCCOCCOCCOCCOCCOCCNC(=O)CCC(=O)N1CCN(CC(=O)O)CCN(CC(=O)NCCN)CCN(CC(=O)O)CC1. The zero-order chi connectivity index (χ0) is 62.3. The van der Waals surface area contributed by atoms with Crippen LogP contribution >= 0.6 is 0 Å². The molecule has 1 saturated heterocycles. The summed E-state index contributed by atoms with van der Waals surface area (Å²) >= 11 is 0. The number of nitrogens with one attached hydrogen (secondary N) is 2. The number of methoxy groups -OCH3 is 1. The van der Waals surface area contributed by atoms with E-state index in [0.29, 0.717) is 244 Å². The number of amides is 3. The fourth-order valence-corrected chi connectivity index (χ4v) is 7.39. The van der Waals surface area contributed by atoms with Gasteiger partial charge < -0.3 is 112 Å². The molecule has 0 aliphatic carbocycles. The number of hydrogen-bond acceptors (Lipinski definition) is 26. The molecule has 0 unspecified atom stereocenters. The molecule has 1 aliphatic rings. The van der Waals surface area contributed by atoms with E-state index < -0.39 is 11.9 Å². The minimum absolute atomic E-state index is 0.0421. The molecule has 86 heavy (non-hydrogen) atoms. The molecule has 506 valence electrons. The van der Waals surface area contributed by atoms with Crippen molar-refractivity contribution in [1.82, 2.24) is 30.2 Å². The van der Waals surface area contributed by atoms with Crippen LogP contribution < -0.4 is 16.4 Å². The van der Waals surface area contributed by atoms with E-state index >= 15 is 0 Å². The molecule has 31 heteroatoms. The Morgan fingerprint density at radius 3 is 0.837 bits per heavy atom. The van der Waals surface area contributed by atoms with Gasteiger partial charge in [0.25, 0.3) is 0 Å². The summed E-state index contributed by atoms with van der Waals surface area (Å²) in [6.45, 7) is 17.6. The first-order valence-corrected chi connectivity index (χ1v) is 30.0. The number of nitrogens with two attached hydrogens (primary N) is 1. The van der Waals surface area contributed by atoms with Crippen molar-refractivity contribution >= 4 is 29.7 Å². The zero-order valence-electron chi connectivity index (χ0n) is 51.4. The third kappa shape index (κ3) is 57.0. The molecule has 1 rings (SSSR count). The third-order valence-electron chi connectivity index (χ3n) is 11.9. The van der Waals surface area contributed by atoms with Gasteiger partial charge >= 0.3 is 11.9 Å². The number of carbonyl (C=O) groups excluding carboxylic acids is 3. The highest BCUT2D eigenvalue weighted by Crippen LogP contribution is 2.05. The first kappa shape index (κ1) is 80.5. The number of hydrogen-bond donors (Lipinski definition) is 5. The highest BCUT2D eigenvalue weighted by Gasteiger charge is 2.23. The molecular weight excluding hydrogens is 1140 g/mol. The van der Waals surface area contributed by atoms with Crippen LogP contribution in [0.2, 0.25) is 0 Å². The summed E-state index contributed by atoms with van der Waals surface area (Å²) in [5, 5.41) is 24.5. The Labute approximate surface area is 508 Å². The number of nitrogens with zero attached hydrogens (tertiary/aromatic N) is 4. The Balaban J connectivity index is 1.87. The van der Waals surface area contributed by atoms with Crippen LogP contribution in [0.5, 0.6) is 0 Å². The molecule has 1 aliphatic heterocycles. The summed E-state index contributed by atoms with van der Waals surface area (Å²) in [7, 11) is 1.64. The van der Waals surface area contributed by atoms with Gasteiger partial charge in [-0.25, -0.2) is 0 Å². The molecule has 3 amide bonds. The van der Waals surface area contributed by atoms with E-state index in [1.54, 1.807) is 16.9 Å². The highest BCUT2D eigenvalue weighted by atomic mass is 16.6. The van der Waals surface area contributed by atoms with E-state index in [1.807, 2.05) is 4.90 Å². The van der Waals surface area contributed by atoms with Crippen molar-refractivity contribution in [2.75, 3.05) is 317 Å². The molecule has 1 heterocycles. The molecule has 0 aromatic heterocycles. The van der Waals surface area contributed by atoms with Gasteiger partial charge in [-0.2, -0.15) is 0 Å². The van der Waals surface area contributed by atoms with Crippen LogP contribution in [0.4, 0.5) is 0 Å². The zero-order valence-corrected chi connectivity index (χ0v) is 51.4. The van der Waals surface area contributed by atoms with Crippen molar-refractivity contribution in [2.24, 2.45) is 5.73 Å². The highest BCUT2D eigenvalue weighted by molar-refractivity contribution is 5.83. The molecule has 0 radical (unpaired) electrons. The van der Waals surface area contributed by atoms with Gasteiger partial charge in [-0.3, -0.25) is 38.7 Å². The van der Waals surface area contributed by atoms with Crippen LogP contribution in [0.15, 0.2) is 0 Å². The molecule has 0 aromatic carbocycles. The summed E-state index contributed by atoms with van der Waals surface area (Å²) in [4.78, 5) is 68.4.